The van der Waals surface area contributed by atoms with Crippen LogP contribution in [-0.2, 0) is 27.8 Å². The Labute approximate surface area is 219 Å². The van der Waals surface area contributed by atoms with Gasteiger partial charge in [0, 0.05) is 56.0 Å². The number of hydrogen-bond donors (Lipinski definition) is 0. The van der Waals surface area contributed by atoms with Crippen LogP contribution in [0.25, 0.3) is 5.65 Å². The smallest absolute Gasteiger partial charge is 0.410 e. The van der Waals surface area contributed by atoms with Gasteiger partial charge in [-0.15, -0.1) is 0 Å². The highest BCUT2D eigenvalue weighted by Crippen LogP contribution is 2.36. The molecule has 3 aromatic rings. The fraction of sp³-hybridized carbons (Fsp3) is 0.517. The molecule has 1 saturated heterocycles. The maximum Gasteiger partial charge on any atom is 0.410 e. The Morgan fingerprint density at radius 1 is 0.973 bits per heavy atom. The van der Waals surface area contributed by atoms with E-state index in [1.54, 1.807) is 4.90 Å². The molecule has 0 N–H and O–H groups in total. The summed E-state index contributed by atoms with van der Waals surface area (Å²) in [5, 5.41) is 4.75. The molecule has 37 heavy (non-hydrogen) atoms. The largest absolute Gasteiger partial charge is 0.444 e. The summed E-state index contributed by atoms with van der Waals surface area (Å²) in [6.45, 7) is 14.2. The molecule has 0 saturated carbocycles. The van der Waals surface area contributed by atoms with Crippen LogP contribution in [0.5, 0.6) is 0 Å². The normalized spacial score (nSPS) is 14.8. The minimum absolute atomic E-state index is 0.123. The molecule has 0 spiro atoms. The number of aromatic nitrogens is 3. The lowest BCUT2D eigenvalue weighted by molar-refractivity contribution is -0.132. The summed E-state index contributed by atoms with van der Waals surface area (Å²) in [7, 11) is 0. The first kappa shape index (κ1) is 26.6. The first-order valence-corrected chi connectivity index (χ1v) is 13.2. The van der Waals surface area contributed by atoms with Crippen LogP contribution >= 0.6 is 0 Å². The Morgan fingerprint density at radius 2 is 1.62 bits per heavy atom. The second-order valence-electron chi connectivity index (χ2n) is 11.2. The van der Waals surface area contributed by atoms with E-state index in [4.69, 9.17) is 9.84 Å². The van der Waals surface area contributed by atoms with Gasteiger partial charge in [0.2, 0.25) is 5.91 Å². The molecule has 8 nitrogen and oxygen atoms in total. The Kier molecular flexibility index (Phi) is 7.57. The second kappa shape index (κ2) is 10.5. The number of fused-ring (bicyclic) bond motifs is 1. The van der Waals surface area contributed by atoms with Crippen molar-refractivity contribution in [2.75, 3.05) is 26.2 Å². The average Bonchev–Trinajstić information content (AvgIpc) is 3.26. The van der Waals surface area contributed by atoms with Crippen LogP contribution in [0.3, 0.4) is 0 Å². The van der Waals surface area contributed by atoms with Gasteiger partial charge >= 0.3 is 6.09 Å². The van der Waals surface area contributed by atoms with E-state index >= 15 is 0 Å². The molecule has 2 amide bonds. The van der Waals surface area contributed by atoms with E-state index in [-0.39, 0.29) is 17.4 Å². The van der Waals surface area contributed by atoms with Gasteiger partial charge in [0.05, 0.1) is 5.69 Å². The number of carbonyl (C=O) groups is 2. The molecule has 3 heterocycles. The third-order valence-corrected chi connectivity index (χ3v) is 7.01. The lowest BCUT2D eigenvalue weighted by atomic mass is 9.77. The van der Waals surface area contributed by atoms with Crippen LogP contribution in [0, 0.1) is 0 Å². The Balaban J connectivity index is 1.35. The van der Waals surface area contributed by atoms with Gasteiger partial charge < -0.3 is 14.5 Å². The topological polar surface area (TPSA) is 80.0 Å². The first-order valence-electron chi connectivity index (χ1n) is 13.2. The van der Waals surface area contributed by atoms with Gasteiger partial charge in [-0.25, -0.2) is 14.3 Å². The van der Waals surface area contributed by atoms with Crippen molar-refractivity contribution in [3.05, 3.63) is 65.1 Å². The minimum Gasteiger partial charge on any atom is -0.444 e. The molecule has 0 radical (unpaired) electrons. The van der Waals surface area contributed by atoms with Crippen LogP contribution in [0.15, 0.2) is 42.7 Å². The molecule has 0 bridgehead atoms. The van der Waals surface area contributed by atoms with E-state index in [0.29, 0.717) is 39.0 Å². The molecule has 198 valence electrons. The number of ether oxygens (including phenoxy) is 1. The highest BCUT2D eigenvalue weighted by Gasteiger charge is 2.31. The zero-order valence-corrected chi connectivity index (χ0v) is 23.0. The average molecular weight is 506 g/mol. The lowest BCUT2D eigenvalue weighted by Gasteiger charge is -2.35. The number of aryl methyl sites for hydroxylation is 2. The van der Waals surface area contributed by atoms with E-state index in [1.165, 1.54) is 5.56 Å². The highest BCUT2D eigenvalue weighted by atomic mass is 16.6. The van der Waals surface area contributed by atoms with Crippen molar-refractivity contribution in [1.82, 2.24) is 24.4 Å². The number of nitrogens with zero attached hydrogens (tertiary/aromatic N) is 5. The molecule has 1 aliphatic rings. The number of carbonyl (C=O) groups excluding carboxylic acids is 2. The van der Waals surface area contributed by atoms with Gasteiger partial charge in [-0.05, 0) is 50.8 Å². The van der Waals surface area contributed by atoms with Gasteiger partial charge in [0.15, 0.2) is 5.65 Å². The second-order valence-corrected chi connectivity index (χ2v) is 11.2. The van der Waals surface area contributed by atoms with Crippen LogP contribution in [0.2, 0.25) is 0 Å². The number of piperazine rings is 1. The van der Waals surface area contributed by atoms with Crippen molar-refractivity contribution >= 4 is 17.6 Å². The number of rotatable bonds is 6. The third-order valence-electron chi connectivity index (χ3n) is 7.01. The summed E-state index contributed by atoms with van der Waals surface area (Å²) in [6, 6.07) is 10.5. The van der Waals surface area contributed by atoms with Crippen LogP contribution in [-0.4, -0.2) is 68.2 Å². The predicted molar refractivity (Wildman–Crippen MR) is 144 cm³/mol. The van der Waals surface area contributed by atoms with E-state index in [2.05, 4.69) is 50.0 Å². The summed E-state index contributed by atoms with van der Waals surface area (Å²) < 4.78 is 7.31. The zero-order valence-electron chi connectivity index (χ0n) is 23.0. The van der Waals surface area contributed by atoms with E-state index in [1.807, 2.05) is 48.6 Å². The van der Waals surface area contributed by atoms with Crippen molar-refractivity contribution in [2.24, 2.45) is 0 Å². The highest BCUT2D eigenvalue weighted by molar-refractivity contribution is 5.77. The fourth-order valence-electron chi connectivity index (χ4n) is 4.93. The van der Waals surface area contributed by atoms with Crippen LogP contribution in [0.1, 0.15) is 70.3 Å². The summed E-state index contributed by atoms with van der Waals surface area (Å²) in [5.41, 5.74) is 4.66. The van der Waals surface area contributed by atoms with Gasteiger partial charge in [-0.3, -0.25) is 4.79 Å². The Bertz CT molecular complexity index is 1250. The van der Waals surface area contributed by atoms with Crippen molar-refractivity contribution < 1.29 is 14.3 Å². The zero-order chi connectivity index (χ0) is 26.8. The molecular formula is C29H39N5O3. The van der Waals surface area contributed by atoms with E-state index < -0.39 is 5.60 Å². The molecule has 0 aliphatic carbocycles. The number of amides is 2. The molecule has 0 unspecified atom stereocenters. The van der Waals surface area contributed by atoms with Gasteiger partial charge in [-0.1, -0.05) is 45.0 Å². The predicted octanol–water partition coefficient (Wildman–Crippen LogP) is 4.63. The lowest BCUT2D eigenvalue weighted by Crippen LogP contribution is -2.51. The Hall–Kier alpha value is -3.42. The first-order chi connectivity index (χ1) is 17.5. The van der Waals surface area contributed by atoms with Gasteiger partial charge in [0.25, 0.3) is 0 Å². The van der Waals surface area contributed by atoms with Gasteiger partial charge in [0.1, 0.15) is 5.60 Å². The molecule has 1 aromatic carbocycles. The number of hydrogen-bond acceptors (Lipinski definition) is 5. The molecule has 4 rings (SSSR count). The van der Waals surface area contributed by atoms with Crippen molar-refractivity contribution in [1.29, 1.82) is 0 Å². The fourth-order valence-corrected chi connectivity index (χ4v) is 4.93. The monoisotopic (exact) mass is 505 g/mol. The van der Waals surface area contributed by atoms with Crippen LogP contribution < -0.4 is 0 Å². The van der Waals surface area contributed by atoms with Crippen LogP contribution in [0.4, 0.5) is 4.79 Å². The SMILES string of the molecule is CCc1nn2cccnc2c1C(C)(C)c1ccc(CCC(=O)N2CCN(C(=O)OC(C)(C)C)CC2)cc1. The summed E-state index contributed by atoms with van der Waals surface area (Å²) in [6.07, 6.45) is 5.42. The van der Waals surface area contributed by atoms with Crippen molar-refractivity contribution in [2.45, 2.75) is 71.8 Å². The summed E-state index contributed by atoms with van der Waals surface area (Å²) in [5.74, 6) is 0.123. The summed E-state index contributed by atoms with van der Waals surface area (Å²) >= 11 is 0. The standard InChI is InChI=1S/C29H39N5O3/c1-7-23-25(26-30-15-8-16-34(26)31-23)29(5,6)22-12-9-21(10-13-22)11-14-24(35)32-17-19-33(20-18-32)27(36)37-28(2,3)4/h8-10,12-13,15-16H,7,11,14,17-20H2,1-6H3. The quantitative estimate of drug-likeness (QED) is 0.488. The van der Waals surface area contributed by atoms with Crippen molar-refractivity contribution in [3.63, 3.8) is 0 Å². The summed E-state index contributed by atoms with van der Waals surface area (Å²) in [4.78, 5) is 33.2. The van der Waals surface area contributed by atoms with E-state index in [9.17, 15) is 9.59 Å². The van der Waals surface area contributed by atoms with Gasteiger partial charge in [-0.2, -0.15) is 5.10 Å². The molecule has 1 aliphatic heterocycles. The molecule has 0 atom stereocenters. The van der Waals surface area contributed by atoms with Crippen molar-refractivity contribution in [3.8, 4) is 0 Å². The molecular weight excluding hydrogens is 466 g/mol. The minimum atomic E-state index is -0.517. The molecule has 2 aromatic heterocycles. The molecule has 1 fully saturated rings. The maximum absolute atomic E-state index is 12.8. The molecule has 8 heteroatoms. The maximum atomic E-state index is 12.8. The third kappa shape index (κ3) is 5.95. The number of benzene rings is 1. The Morgan fingerprint density at radius 3 is 2.24 bits per heavy atom. The van der Waals surface area contributed by atoms with E-state index in [0.717, 1.165) is 28.9 Å².